The third kappa shape index (κ3) is 8.53. The summed E-state index contributed by atoms with van der Waals surface area (Å²) in [7, 11) is 0. The van der Waals surface area contributed by atoms with Crippen molar-refractivity contribution in [2.75, 3.05) is 36.4 Å². The zero-order valence-corrected chi connectivity index (χ0v) is 26.6. The smallest absolute Gasteiger partial charge is 0.423 e. The highest BCUT2D eigenvalue weighted by molar-refractivity contribution is 14.1. The van der Waals surface area contributed by atoms with Crippen LogP contribution in [-0.4, -0.2) is 59.0 Å². The number of piperazine rings is 1. The van der Waals surface area contributed by atoms with Crippen LogP contribution in [0.4, 0.5) is 39.0 Å². The molecule has 0 radical (unpaired) electrons. The second-order valence-corrected chi connectivity index (χ2v) is 12.7. The maximum Gasteiger partial charge on any atom is 0.423 e. The van der Waals surface area contributed by atoms with Gasteiger partial charge < -0.3 is 19.9 Å². The molecule has 46 heavy (non-hydrogen) atoms. The van der Waals surface area contributed by atoms with Gasteiger partial charge in [0, 0.05) is 78.2 Å². The number of rotatable bonds is 9. The number of anilines is 2. The lowest BCUT2D eigenvalue weighted by Gasteiger charge is -2.36. The Morgan fingerprint density at radius 1 is 0.978 bits per heavy atom. The molecule has 1 aliphatic heterocycles. The standard InChI is InChI=1S/C31H31F5IN5O4/c32-30(33,34)27-16-23(7-10-28(27)42(44)45)39-22-5-8-25(9-6-22)46-26-17-24(18-38-19-26)40-11-13-41(14-12-40)29(43)15-20-1-3-21(4-2-20)31(35,36)37/h1-4,7,10,16-19,22,25,39H,5-6,8-9,11-15H2. The van der Waals surface area contributed by atoms with Gasteiger partial charge in [0.2, 0.25) is 5.91 Å². The van der Waals surface area contributed by atoms with Crippen LogP contribution >= 0.6 is 22.6 Å². The Kier molecular flexibility index (Phi) is 10.2. The summed E-state index contributed by atoms with van der Waals surface area (Å²) in [6.45, 7) is 2.19. The van der Waals surface area contributed by atoms with E-state index in [0.29, 0.717) is 63.2 Å². The Bertz CT molecular complexity index is 1540. The minimum Gasteiger partial charge on any atom is -0.489 e. The van der Waals surface area contributed by atoms with Gasteiger partial charge in [0.25, 0.3) is 5.69 Å². The summed E-state index contributed by atoms with van der Waals surface area (Å²) < 4.78 is 70.2. The molecule has 0 unspecified atom stereocenters. The predicted molar refractivity (Wildman–Crippen MR) is 169 cm³/mol. The summed E-state index contributed by atoms with van der Waals surface area (Å²) in [6.07, 6.45) is 1.14. The molecule has 0 bridgehead atoms. The molecule has 15 heteroatoms. The van der Waals surface area contributed by atoms with E-state index in [2.05, 4.69) is 15.2 Å². The van der Waals surface area contributed by atoms with Crippen molar-refractivity contribution in [1.29, 1.82) is 0 Å². The van der Waals surface area contributed by atoms with Gasteiger partial charge >= 0.3 is 10.1 Å². The van der Waals surface area contributed by atoms with Gasteiger partial charge in [-0.3, -0.25) is 19.9 Å². The molecule has 5 rings (SSSR count). The Morgan fingerprint density at radius 3 is 2.26 bits per heavy atom. The average molecular weight is 760 g/mol. The van der Waals surface area contributed by atoms with E-state index in [4.69, 9.17) is 4.74 Å². The van der Waals surface area contributed by atoms with Crippen molar-refractivity contribution in [1.82, 2.24) is 9.88 Å². The molecule has 3 aromatic rings. The fraction of sp³-hybridized carbons (Fsp3) is 0.419. The molecule has 1 aromatic heterocycles. The third-order valence-electron chi connectivity index (χ3n) is 8.18. The molecule has 246 valence electrons. The molecule has 1 amide bonds. The second-order valence-electron chi connectivity index (χ2n) is 11.3. The Balaban J connectivity index is 1.09. The number of amides is 1. The maximum atomic E-state index is 13.5. The molecule has 1 saturated carbocycles. The van der Waals surface area contributed by atoms with E-state index in [-0.39, 0.29) is 35.7 Å². The van der Waals surface area contributed by atoms with Gasteiger partial charge in [-0.1, -0.05) is 24.3 Å². The zero-order valence-electron chi connectivity index (χ0n) is 24.5. The number of carbonyl (C=O) groups excluding carboxylic acids is 1. The molecule has 9 nitrogen and oxygen atoms in total. The molecule has 1 saturated heterocycles. The van der Waals surface area contributed by atoms with Crippen LogP contribution in [0, 0.1) is 10.1 Å². The maximum absolute atomic E-state index is 13.5. The number of aromatic nitrogens is 1. The van der Waals surface area contributed by atoms with E-state index >= 15 is 0 Å². The van der Waals surface area contributed by atoms with Gasteiger partial charge in [-0.2, -0.15) is 22.0 Å². The quantitative estimate of drug-likeness (QED) is 0.0811. The molecule has 2 aromatic carbocycles. The Labute approximate surface area is 275 Å². The monoisotopic (exact) mass is 759 g/mol. The fourth-order valence-corrected chi connectivity index (χ4v) is 6.08. The SMILES string of the molecule is O=C(Cc1ccc(C(F)(F)I)cc1)N1CCN(c2cncc(OC3CCC(Nc4ccc([N+](=O)[O-])c(C(F)(F)F)c4)CC3)c2)CC1. The topological polar surface area (TPSA) is 101 Å². The summed E-state index contributed by atoms with van der Waals surface area (Å²) in [5.41, 5.74) is -0.652. The number of hydrogen-bond donors (Lipinski definition) is 1. The summed E-state index contributed by atoms with van der Waals surface area (Å²) in [4.78, 5) is 31.0. The average Bonchev–Trinajstić information content (AvgIpc) is 3.01. The van der Waals surface area contributed by atoms with Crippen LogP contribution in [0.3, 0.4) is 0 Å². The molecule has 1 aliphatic carbocycles. The van der Waals surface area contributed by atoms with Crippen molar-refractivity contribution in [3.63, 3.8) is 0 Å². The first-order chi connectivity index (χ1) is 21.8. The number of ether oxygens (including phenoxy) is 1. The van der Waals surface area contributed by atoms with E-state index < -0.39 is 26.3 Å². The minimum atomic E-state index is -4.84. The van der Waals surface area contributed by atoms with Crippen LogP contribution in [-0.2, 0) is 21.3 Å². The van der Waals surface area contributed by atoms with Crippen LogP contribution in [0.25, 0.3) is 0 Å². The van der Waals surface area contributed by atoms with Crippen molar-refractivity contribution in [3.8, 4) is 5.75 Å². The van der Waals surface area contributed by atoms with Crippen LogP contribution in [0.1, 0.15) is 42.4 Å². The molecule has 2 aliphatic rings. The fourth-order valence-electron chi connectivity index (χ4n) is 5.72. The molecule has 1 N–H and O–H groups in total. The second kappa shape index (κ2) is 13.9. The molecule has 2 heterocycles. The number of pyridine rings is 1. The minimum absolute atomic E-state index is 0.0664. The molecule has 0 atom stereocenters. The predicted octanol–water partition coefficient (Wildman–Crippen LogP) is 7.19. The molecule has 2 fully saturated rings. The van der Waals surface area contributed by atoms with E-state index in [0.717, 1.165) is 40.4 Å². The zero-order chi connectivity index (χ0) is 33.1. The number of nitrogens with zero attached hydrogens (tertiary/aromatic N) is 4. The lowest BCUT2D eigenvalue weighted by molar-refractivity contribution is -0.388. The highest BCUT2D eigenvalue weighted by atomic mass is 127. The third-order valence-corrected chi connectivity index (χ3v) is 8.80. The lowest BCUT2D eigenvalue weighted by atomic mass is 9.92. The molecular weight excluding hydrogens is 728 g/mol. The molecule has 0 spiro atoms. The van der Waals surface area contributed by atoms with Gasteiger partial charge in [-0.05, 0) is 43.4 Å². The number of nitro benzene ring substituents is 1. The van der Waals surface area contributed by atoms with E-state index in [1.54, 1.807) is 29.4 Å². The van der Waals surface area contributed by atoms with Crippen LogP contribution < -0.4 is 15.0 Å². The number of nitro groups is 1. The summed E-state index contributed by atoms with van der Waals surface area (Å²) in [6, 6.07) is 10.5. The summed E-state index contributed by atoms with van der Waals surface area (Å²) >= 11 is 1.08. The number of carbonyl (C=O) groups is 1. The van der Waals surface area contributed by atoms with Gasteiger partial charge in [0.15, 0.2) is 0 Å². The number of benzene rings is 2. The van der Waals surface area contributed by atoms with Crippen molar-refractivity contribution in [3.05, 3.63) is 87.7 Å². The van der Waals surface area contributed by atoms with Crippen LogP contribution in [0.15, 0.2) is 60.9 Å². The summed E-state index contributed by atoms with van der Waals surface area (Å²) in [5.74, 6) is 0.529. The van der Waals surface area contributed by atoms with Crippen molar-refractivity contribution >= 4 is 45.6 Å². The van der Waals surface area contributed by atoms with Gasteiger partial charge in [-0.15, -0.1) is 0 Å². The highest BCUT2D eigenvalue weighted by Crippen LogP contribution is 2.38. The van der Waals surface area contributed by atoms with Crippen molar-refractivity contribution in [2.45, 2.75) is 54.4 Å². The summed E-state index contributed by atoms with van der Waals surface area (Å²) in [5, 5.41) is 14.1. The van der Waals surface area contributed by atoms with Crippen molar-refractivity contribution in [2.24, 2.45) is 0 Å². The number of halogens is 6. The largest absolute Gasteiger partial charge is 0.489 e. The van der Waals surface area contributed by atoms with E-state index in [1.165, 1.54) is 18.2 Å². The first kappa shape index (κ1) is 33.6. The number of hydrogen-bond acceptors (Lipinski definition) is 7. The first-order valence-corrected chi connectivity index (χ1v) is 15.8. The normalized spacial score (nSPS) is 19.1. The lowest BCUT2D eigenvalue weighted by Crippen LogP contribution is -2.49. The van der Waals surface area contributed by atoms with Gasteiger partial charge in [-0.25, -0.2) is 0 Å². The molecular formula is C31H31F5IN5O4. The highest BCUT2D eigenvalue weighted by Gasteiger charge is 2.38. The Hall–Kier alpha value is -3.76. The van der Waals surface area contributed by atoms with Gasteiger partial charge in [0.05, 0.1) is 35.5 Å². The number of alkyl halides is 6. The van der Waals surface area contributed by atoms with Crippen LogP contribution in [0.2, 0.25) is 0 Å². The Morgan fingerprint density at radius 2 is 1.65 bits per heavy atom. The van der Waals surface area contributed by atoms with Crippen molar-refractivity contribution < 1.29 is 36.4 Å². The number of nitrogens with one attached hydrogen (secondary N) is 1. The first-order valence-electron chi connectivity index (χ1n) is 14.7. The van der Waals surface area contributed by atoms with E-state index in [1.807, 2.05) is 6.07 Å². The van der Waals surface area contributed by atoms with Crippen LogP contribution in [0.5, 0.6) is 5.75 Å². The van der Waals surface area contributed by atoms with E-state index in [9.17, 15) is 36.9 Å². The van der Waals surface area contributed by atoms with Gasteiger partial charge in [0.1, 0.15) is 11.3 Å².